The number of carbonyl (C=O) groups is 3. The molecule has 0 fully saturated rings. The average molecular weight is 1070 g/mol. The first-order chi connectivity index (χ1) is 38.0. The fourth-order valence-electron chi connectivity index (χ4n) is 8.67. The van der Waals surface area contributed by atoms with Gasteiger partial charge in [0.25, 0.3) is 0 Å². The summed E-state index contributed by atoms with van der Waals surface area (Å²) in [5.41, 5.74) is 0. The Balaban J connectivity index is 4.09. The topological polar surface area (TPSA) is 78.9 Å². The van der Waals surface area contributed by atoms with Crippen molar-refractivity contribution in [3.05, 3.63) is 122 Å². The monoisotopic (exact) mass is 1070 g/mol. The van der Waals surface area contributed by atoms with Crippen LogP contribution in [-0.4, -0.2) is 37.2 Å². The Morgan fingerprint density at radius 1 is 0.273 bits per heavy atom. The summed E-state index contributed by atoms with van der Waals surface area (Å²) in [5, 5.41) is 0. The summed E-state index contributed by atoms with van der Waals surface area (Å²) in [4.78, 5) is 37.9. The van der Waals surface area contributed by atoms with Gasteiger partial charge in [-0.3, -0.25) is 14.4 Å². The average Bonchev–Trinajstić information content (AvgIpc) is 3.43. The Morgan fingerprint density at radius 2 is 0.506 bits per heavy atom. The number of rotatable bonds is 57. The first kappa shape index (κ1) is 72.8. The number of unbranched alkanes of at least 4 members (excludes halogenated alkanes) is 26. The summed E-state index contributed by atoms with van der Waals surface area (Å²) in [6.45, 7) is 6.43. The number of allylic oxidation sites excluding steroid dienone is 20. The molecule has 0 aromatic carbocycles. The minimum atomic E-state index is -0.784. The van der Waals surface area contributed by atoms with Crippen LogP contribution in [-0.2, 0) is 28.6 Å². The molecule has 0 aromatic heterocycles. The van der Waals surface area contributed by atoms with Gasteiger partial charge in [-0.05, 0) is 116 Å². The van der Waals surface area contributed by atoms with Crippen molar-refractivity contribution in [3.8, 4) is 0 Å². The smallest absolute Gasteiger partial charge is 0.306 e. The quantitative estimate of drug-likeness (QED) is 0.0261. The molecule has 0 bridgehead atoms. The minimum Gasteiger partial charge on any atom is -0.462 e. The highest BCUT2D eigenvalue weighted by atomic mass is 16.6. The fraction of sp³-hybridized carbons (Fsp3) is 0.676. The molecule has 0 aromatic rings. The number of carbonyl (C=O) groups excluding carboxylic acids is 3. The second kappa shape index (κ2) is 64.3. The molecule has 0 heterocycles. The lowest BCUT2D eigenvalue weighted by Gasteiger charge is -2.18. The Morgan fingerprint density at radius 3 is 0.792 bits per heavy atom. The maximum absolute atomic E-state index is 12.8. The number of ether oxygens (including phenoxy) is 3. The van der Waals surface area contributed by atoms with Gasteiger partial charge in [0.15, 0.2) is 6.10 Å². The summed E-state index contributed by atoms with van der Waals surface area (Å²) < 4.78 is 16.8. The van der Waals surface area contributed by atoms with E-state index in [-0.39, 0.29) is 31.1 Å². The maximum atomic E-state index is 12.8. The van der Waals surface area contributed by atoms with E-state index in [1.165, 1.54) is 116 Å². The molecule has 0 rings (SSSR count). The van der Waals surface area contributed by atoms with Crippen LogP contribution in [0.5, 0.6) is 0 Å². The lowest BCUT2D eigenvalue weighted by molar-refractivity contribution is -0.167. The summed E-state index contributed by atoms with van der Waals surface area (Å²) in [5.74, 6) is -0.910. The first-order valence-corrected chi connectivity index (χ1v) is 32.0. The second-order valence-corrected chi connectivity index (χ2v) is 20.9. The molecule has 438 valence electrons. The van der Waals surface area contributed by atoms with Crippen molar-refractivity contribution in [2.75, 3.05) is 13.2 Å². The van der Waals surface area contributed by atoms with Crippen LogP contribution in [0.15, 0.2) is 122 Å². The SMILES string of the molecule is CC/C=C\C/C=C\C/C=C\C/C=C\C/C=C\C/C=C\C/C=C\CCCCCCCCCCCC(=O)OCC(COC(=O)CCCCCCC)OC(=O)CCCCCCCCCC/C=C\C/C=C\C/C=C\CCCCCCC. The van der Waals surface area contributed by atoms with Gasteiger partial charge in [0.1, 0.15) is 13.2 Å². The highest BCUT2D eigenvalue weighted by Gasteiger charge is 2.19. The van der Waals surface area contributed by atoms with Crippen LogP contribution >= 0.6 is 0 Å². The molecule has 1 unspecified atom stereocenters. The van der Waals surface area contributed by atoms with Crippen molar-refractivity contribution in [2.24, 2.45) is 0 Å². The van der Waals surface area contributed by atoms with Crippen molar-refractivity contribution in [1.29, 1.82) is 0 Å². The van der Waals surface area contributed by atoms with Crippen LogP contribution in [0, 0.1) is 0 Å². The Hall–Kier alpha value is -4.19. The molecule has 1 atom stereocenters. The van der Waals surface area contributed by atoms with E-state index in [0.717, 1.165) is 135 Å². The van der Waals surface area contributed by atoms with Crippen molar-refractivity contribution in [1.82, 2.24) is 0 Å². The second-order valence-electron chi connectivity index (χ2n) is 20.9. The minimum absolute atomic E-state index is 0.0847. The van der Waals surface area contributed by atoms with Crippen molar-refractivity contribution in [3.63, 3.8) is 0 Å². The molecule has 0 aliphatic heterocycles. The molecule has 0 amide bonds. The summed E-state index contributed by atoms with van der Waals surface area (Å²) >= 11 is 0. The maximum Gasteiger partial charge on any atom is 0.306 e. The zero-order valence-electron chi connectivity index (χ0n) is 50.2. The predicted octanol–water partition coefficient (Wildman–Crippen LogP) is 22.0. The third-order valence-electron chi connectivity index (χ3n) is 13.5. The summed E-state index contributed by atoms with van der Waals surface area (Å²) in [6, 6.07) is 0. The van der Waals surface area contributed by atoms with Crippen LogP contribution in [0.4, 0.5) is 0 Å². The fourth-order valence-corrected chi connectivity index (χ4v) is 8.67. The molecular formula is C71H118O6. The van der Waals surface area contributed by atoms with E-state index in [2.05, 4.69) is 142 Å². The zero-order valence-corrected chi connectivity index (χ0v) is 50.2. The van der Waals surface area contributed by atoms with Crippen LogP contribution < -0.4 is 0 Å². The Kier molecular flexibility index (Phi) is 60.8. The van der Waals surface area contributed by atoms with Gasteiger partial charge in [-0.15, -0.1) is 0 Å². The molecule has 6 heteroatoms. The van der Waals surface area contributed by atoms with Gasteiger partial charge in [-0.1, -0.05) is 277 Å². The Labute approximate surface area is 475 Å². The van der Waals surface area contributed by atoms with E-state index in [1.807, 2.05) is 0 Å². The van der Waals surface area contributed by atoms with Gasteiger partial charge in [0, 0.05) is 19.3 Å². The van der Waals surface area contributed by atoms with Gasteiger partial charge >= 0.3 is 17.9 Å². The molecule has 6 nitrogen and oxygen atoms in total. The van der Waals surface area contributed by atoms with Crippen molar-refractivity contribution in [2.45, 2.75) is 297 Å². The van der Waals surface area contributed by atoms with Crippen LogP contribution in [0.1, 0.15) is 290 Å². The molecule has 0 N–H and O–H groups in total. The first-order valence-electron chi connectivity index (χ1n) is 32.0. The van der Waals surface area contributed by atoms with Gasteiger partial charge in [0.05, 0.1) is 0 Å². The molecule has 0 spiro atoms. The van der Waals surface area contributed by atoms with E-state index >= 15 is 0 Å². The van der Waals surface area contributed by atoms with Gasteiger partial charge in [-0.2, -0.15) is 0 Å². The lowest BCUT2D eigenvalue weighted by Crippen LogP contribution is -2.30. The van der Waals surface area contributed by atoms with Gasteiger partial charge in [0.2, 0.25) is 0 Å². The highest BCUT2D eigenvalue weighted by molar-refractivity contribution is 5.71. The standard InChI is InChI=1S/C71H118O6/c1-4-7-10-13-15-17-19-21-23-25-27-29-31-32-33-34-35-36-37-38-40-41-43-45-47-49-51-53-55-58-61-64-70(73)76-67-68(66-75-69(72)63-60-57-12-9-6-3)77-71(74)65-62-59-56-54-52-50-48-46-44-42-39-30-28-26-24-22-20-18-16-14-11-8-5-2/h7,10,15,17,20-23,26-29,32-33,35-36,38-40,42,68H,4-6,8-9,11-14,16,18-19,24-25,30-31,34,37,41,43-67H2,1-3H3/b10-7-,17-15-,22-20-,23-21-,28-26-,29-27-,33-32-,36-35-,40-38-,42-39-. The third kappa shape index (κ3) is 62.5. The van der Waals surface area contributed by atoms with Crippen molar-refractivity contribution >= 4 is 17.9 Å². The van der Waals surface area contributed by atoms with Crippen LogP contribution in [0.2, 0.25) is 0 Å². The number of hydrogen-bond acceptors (Lipinski definition) is 6. The number of hydrogen-bond donors (Lipinski definition) is 0. The zero-order chi connectivity index (χ0) is 55.7. The third-order valence-corrected chi connectivity index (χ3v) is 13.5. The van der Waals surface area contributed by atoms with E-state index in [0.29, 0.717) is 19.3 Å². The van der Waals surface area contributed by atoms with Crippen LogP contribution in [0.3, 0.4) is 0 Å². The van der Waals surface area contributed by atoms with E-state index in [4.69, 9.17) is 14.2 Å². The highest BCUT2D eigenvalue weighted by Crippen LogP contribution is 2.15. The molecule has 77 heavy (non-hydrogen) atoms. The van der Waals surface area contributed by atoms with Crippen molar-refractivity contribution < 1.29 is 28.6 Å². The van der Waals surface area contributed by atoms with Gasteiger partial charge in [-0.25, -0.2) is 0 Å². The summed E-state index contributed by atoms with van der Waals surface area (Å²) in [6.07, 6.45) is 89.6. The number of esters is 3. The van der Waals surface area contributed by atoms with E-state index in [1.54, 1.807) is 0 Å². The molecule has 0 saturated heterocycles. The summed E-state index contributed by atoms with van der Waals surface area (Å²) in [7, 11) is 0. The van der Waals surface area contributed by atoms with Gasteiger partial charge < -0.3 is 14.2 Å². The molecular weight excluding hydrogens is 949 g/mol. The van der Waals surface area contributed by atoms with E-state index < -0.39 is 6.10 Å². The predicted molar refractivity (Wildman–Crippen MR) is 334 cm³/mol. The normalized spacial score (nSPS) is 12.9. The molecule has 0 radical (unpaired) electrons. The molecule has 0 aliphatic carbocycles. The largest absolute Gasteiger partial charge is 0.462 e. The lowest BCUT2D eigenvalue weighted by atomic mass is 10.1. The molecule has 0 saturated carbocycles. The molecule has 0 aliphatic rings. The van der Waals surface area contributed by atoms with Crippen LogP contribution in [0.25, 0.3) is 0 Å². The Bertz CT molecular complexity index is 1600. The van der Waals surface area contributed by atoms with E-state index in [9.17, 15) is 14.4 Å².